The molecule has 0 amide bonds. The first-order valence-corrected chi connectivity index (χ1v) is 19.1. The summed E-state index contributed by atoms with van der Waals surface area (Å²) >= 11 is 0. The molecule has 0 aliphatic carbocycles. The molecular weight excluding hydrogens is 679 g/mol. The molecule has 258 valence electrons. The van der Waals surface area contributed by atoms with Crippen molar-refractivity contribution >= 4 is 86.6 Å². The summed E-state index contributed by atoms with van der Waals surface area (Å²) in [4.78, 5) is 14.8. The van der Waals surface area contributed by atoms with E-state index in [1.807, 2.05) is 24.5 Å². The second-order valence-electron chi connectivity index (χ2n) is 14.7. The highest BCUT2D eigenvalue weighted by molar-refractivity contribution is 6.31. The van der Waals surface area contributed by atoms with Gasteiger partial charge in [-0.2, -0.15) is 0 Å². The van der Waals surface area contributed by atoms with Crippen molar-refractivity contribution in [3.8, 4) is 33.5 Å². The van der Waals surface area contributed by atoms with E-state index in [4.69, 9.17) is 9.97 Å². The SMILES string of the molecule is c1cnc2c(c1)cc(-c1ccc3c(ccc4cc(-c5ccc(-c6nc7c8ccccc8c8ccccc8c7c7ccccc67)cc5)ccc43)c1)c1cccnc12. The lowest BCUT2D eigenvalue weighted by Crippen LogP contribution is -1.92. The molecule has 0 saturated carbocycles. The Morgan fingerprint density at radius 2 is 0.821 bits per heavy atom. The van der Waals surface area contributed by atoms with E-state index in [1.165, 1.54) is 76.1 Å². The molecule has 0 spiro atoms. The van der Waals surface area contributed by atoms with Crippen molar-refractivity contribution in [2.24, 2.45) is 0 Å². The highest BCUT2D eigenvalue weighted by Crippen LogP contribution is 2.42. The fourth-order valence-corrected chi connectivity index (χ4v) is 9.07. The summed E-state index contributed by atoms with van der Waals surface area (Å²) in [5, 5.41) is 15.7. The average molecular weight is 710 g/mol. The monoisotopic (exact) mass is 709 g/mol. The van der Waals surface area contributed by atoms with Crippen LogP contribution in [0.3, 0.4) is 0 Å². The Balaban J connectivity index is 0.941. The van der Waals surface area contributed by atoms with E-state index in [9.17, 15) is 0 Å². The van der Waals surface area contributed by atoms with E-state index in [0.717, 1.165) is 44.0 Å². The van der Waals surface area contributed by atoms with Gasteiger partial charge in [0.15, 0.2) is 0 Å². The van der Waals surface area contributed by atoms with E-state index in [-0.39, 0.29) is 0 Å². The normalized spacial score (nSPS) is 11.9. The fraction of sp³-hybridized carbons (Fsp3) is 0. The number of hydrogen-bond donors (Lipinski definition) is 0. The van der Waals surface area contributed by atoms with E-state index in [1.54, 1.807) is 0 Å². The molecule has 0 fully saturated rings. The summed E-state index contributed by atoms with van der Waals surface area (Å²) in [6.45, 7) is 0. The minimum atomic E-state index is 0.934. The molecule has 3 heteroatoms. The topological polar surface area (TPSA) is 38.7 Å². The molecule has 0 saturated heterocycles. The second kappa shape index (κ2) is 12.0. The number of fused-ring (bicyclic) bond motifs is 14. The Kier molecular flexibility index (Phi) is 6.63. The van der Waals surface area contributed by atoms with Crippen molar-refractivity contribution in [1.29, 1.82) is 0 Å². The largest absolute Gasteiger partial charge is 0.254 e. The van der Waals surface area contributed by atoms with Crippen molar-refractivity contribution in [2.45, 2.75) is 0 Å². The van der Waals surface area contributed by atoms with Crippen LogP contribution < -0.4 is 0 Å². The highest BCUT2D eigenvalue weighted by atomic mass is 14.7. The zero-order valence-electron chi connectivity index (χ0n) is 30.2. The van der Waals surface area contributed by atoms with Crippen molar-refractivity contribution in [3.63, 3.8) is 0 Å². The maximum Gasteiger partial charge on any atom is 0.0970 e. The van der Waals surface area contributed by atoms with Gasteiger partial charge in [-0.25, -0.2) is 4.98 Å². The van der Waals surface area contributed by atoms with Crippen LogP contribution in [0.1, 0.15) is 0 Å². The van der Waals surface area contributed by atoms with Crippen LogP contribution in [0, 0.1) is 0 Å². The minimum Gasteiger partial charge on any atom is -0.254 e. The third kappa shape index (κ3) is 4.61. The van der Waals surface area contributed by atoms with Gasteiger partial charge in [0.1, 0.15) is 0 Å². The molecule has 0 radical (unpaired) electrons. The zero-order chi connectivity index (χ0) is 36.7. The van der Waals surface area contributed by atoms with Gasteiger partial charge in [-0.3, -0.25) is 9.97 Å². The molecule has 0 unspecified atom stereocenters. The van der Waals surface area contributed by atoms with Gasteiger partial charge in [-0.15, -0.1) is 0 Å². The maximum absolute atomic E-state index is 5.47. The molecule has 3 nitrogen and oxygen atoms in total. The van der Waals surface area contributed by atoms with Gasteiger partial charge in [0.05, 0.1) is 22.2 Å². The van der Waals surface area contributed by atoms with Crippen LogP contribution in [0.2, 0.25) is 0 Å². The molecule has 0 N–H and O–H groups in total. The van der Waals surface area contributed by atoms with Crippen molar-refractivity contribution in [2.75, 3.05) is 0 Å². The number of benzene rings is 9. The van der Waals surface area contributed by atoms with Gasteiger partial charge in [0.2, 0.25) is 0 Å². The summed E-state index contributed by atoms with van der Waals surface area (Å²) < 4.78 is 0. The summed E-state index contributed by atoms with van der Waals surface area (Å²) in [5.41, 5.74) is 9.75. The Hall–Kier alpha value is -7.49. The van der Waals surface area contributed by atoms with Gasteiger partial charge in [0, 0.05) is 44.9 Å². The second-order valence-corrected chi connectivity index (χ2v) is 14.7. The molecule has 12 aromatic rings. The Morgan fingerprint density at radius 1 is 0.286 bits per heavy atom. The summed E-state index contributed by atoms with van der Waals surface area (Å²) in [7, 11) is 0. The smallest absolute Gasteiger partial charge is 0.0970 e. The maximum atomic E-state index is 5.47. The zero-order valence-corrected chi connectivity index (χ0v) is 30.2. The molecule has 0 atom stereocenters. The number of rotatable bonds is 3. The van der Waals surface area contributed by atoms with Gasteiger partial charge < -0.3 is 0 Å². The molecule has 0 bridgehead atoms. The van der Waals surface area contributed by atoms with Gasteiger partial charge >= 0.3 is 0 Å². The molecule has 3 aromatic heterocycles. The Morgan fingerprint density at radius 3 is 1.57 bits per heavy atom. The van der Waals surface area contributed by atoms with Crippen LogP contribution in [0.5, 0.6) is 0 Å². The van der Waals surface area contributed by atoms with Crippen LogP contribution in [-0.2, 0) is 0 Å². The van der Waals surface area contributed by atoms with Gasteiger partial charge in [-0.1, -0.05) is 146 Å². The minimum absolute atomic E-state index is 0.934. The number of hydrogen-bond acceptors (Lipinski definition) is 3. The molecule has 56 heavy (non-hydrogen) atoms. The lowest BCUT2D eigenvalue weighted by atomic mass is 9.92. The predicted molar refractivity (Wildman–Crippen MR) is 236 cm³/mol. The number of nitrogens with zero attached hydrogens (tertiary/aromatic N) is 3. The van der Waals surface area contributed by atoms with Crippen molar-refractivity contribution < 1.29 is 0 Å². The number of pyridine rings is 3. The summed E-state index contributed by atoms with van der Waals surface area (Å²) in [5.74, 6) is 0. The first-order chi connectivity index (χ1) is 27.8. The molecule has 3 heterocycles. The predicted octanol–water partition coefficient (Wildman–Crippen LogP) is 14.1. The fourth-order valence-electron chi connectivity index (χ4n) is 9.07. The third-order valence-electron chi connectivity index (χ3n) is 11.7. The lowest BCUT2D eigenvalue weighted by molar-refractivity contribution is 1.37. The molecule has 9 aromatic carbocycles. The van der Waals surface area contributed by atoms with E-state index < -0.39 is 0 Å². The standard InChI is InChI=1S/C53H31N3/c1-3-12-43-41(10-1)42-11-2-5-14-45(42)52-49(43)44-13-4-6-15-46(44)50(56-52)33-19-17-32(18-20-33)34-23-25-39-35(29-34)21-22-36-30-37(24-26-40(36)39)48-31-38-9-7-27-54-51(38)53-47(48)16-8-28-55-53/h1-31H. The van der Waals surface area contributed by atoms with Crippen molar-refractivity contribution in [1.82, 2.24) is 15.0 Å². The molecule has 0 aliphatic heterocycles. The number of aromatic nitrogens is 3. The van der Waals surface area contributed by atoms with Crippen LogP contribution >= 0.6 is 0 Å². The molecule has 0 aliphatic rings. The summed E-state index contributed by atoms with van der Waals surface area (Å²) in [6, 6.07) is 63.7. The first kappa shape index (κ1) is 30.9. The Bertz CT molecular complexity index is 3590. The molecular formula is C53H31N3. The van der Waals surface area contributed by atoms with Gasteiger partial charge in [-0.05, 0) is 95.7 Å². The average Bonchev–Trinajstić information content (AvgIpc) is 3.28. The Labute approximate surface area is 322 Å². The third-order valence-corrected chi connectivity index (χ3v) is 11.7. The first-order valence-electron chi connectivity index (χ1n) is 19.1. The van der Waals surface area contributed by atoms with E-state index in [0.29, 0.717) is 0 Å². The summed E-state index contributed by atoms with van der Waals surface area (Å²) in [6.07, 6.45) is 3.69. The van der Waals surface area contributed by atoms with Gasteiger partial charge in [0.25, 0.3) is 0 Å². The molecule has 12 rings (SSSR count). The lowest BCUT2D eigenvalue weighted by Gasteiger charge is -2.15. The van der Waals surface area contributed by atoms with Crippen LogP contribution in [0.25, 0.3) is 120 Å². The quantitative estimate of drug-likeness (QED) is 0.171. The van der Waals surface area contributed by atoms with Crippen LogP contribution in [0.15, 0.2) is 188 Å². The van der Waals surface area contributed by atoms with Crippen LogP contribution in [-0.4, -0.2) is 15.0 Å². The van der Waals surface area contributed by atoms with Crippen LogP contribution in [0.4, 0.5) is 0 Å². The van der Waals surface area contributed by atoms with Crippen molar-refractivity contribution in [3.05, 3.63) is 188 Å². The highest BCUT2D eigenvalue weighted by Gasteiger charge is 2.17. The van der Waals surface area contributed by atoms with E-state index in [2.05, 4.69) is 169 Å². The van der Waals surface area contributed by atoms with E-state index >= 15 is 0 Å².